The molecule has 1 saturated heterocycles. The van der Waals surface area contributed by atoms with Gasteiger partial charge in [-0.3, -0.25) is 4.90 Å². The van der Waals surface area contributed by atoms with E-state index in [1.807, 2.05) is 11.3 Å². The Morgan fingerprint density at radius 1 is 1.40 bits per heavy atom. The number of rotatable bonds is 3. The maximum absolute atomic E-state index is 4.85. The van der Waals surface area contributed by atoms with Crippen LogP contribution in [-0.4, -0.2) is 35.1 Å². The summed E-state index contributed by atoms with van der Waals surface area (Å²) in [7, 11) is 0. The fourth-order valence-corrected chi connectivity index (χ4v) is 3.93. The van der Waals surface area contributed by atoms with Crippen LogP contribution in [0.25, 0.3) is 0 Å². The van der Waals surface area contributed by atoms with Crippen molar-refractivity contribution in [3.63, 3.8) is 0 Å². The summed E-state index contributed by atoms with van der Waals surface area (Å²) in [5, 5.41) is 7.23. The number of thiazole rings is 1. The first-order valence-electron chi connectivity index (χ1n) is 7.86. The predicted octanol–water partition coefficient (Wildman–Crippen LogP) is 3.01. The molecule has 1 aromatic rings. The van der Waals surface area contributed by atoms with Crippen LogP contribution in [0.1, 0.15) is 51.2 Å². The normalized spacial score (nSPS) is 28.8. The van der Waals surface area contributed by atoms with Crippen LogP contribution in [0.2, 0.25) is 0 Å². The van der Waals surface area contributed by atoms with Crippen molar-refractivity contribution in [1.29, 1.82) is 0 Å². The molecule has 0 amide bonds. The minimum atomic E-state index is 0.167. The van der Waals surface area contributed by atoms with E-state index >= 15 is 0 Å². The lowest BCUT2D eigenvalue weighted by molar-refractivity contribution is 0.125. The number of piperazine rings is 1. The second-order valence-corrected chi connectivity index (χ2v) is 8.45. The van der Waals surface area contributed by atoms with E-state index in [1.54, 1.807) is 0 Å². The molecule has 0 aromatic carbocycles. The van der Waals surface area contributed by atoms with Crippen molar-refractivity contribution >= 4 is 11.3 Å². The third-order valence-corrected chi connectivity index (χ3v) is 5.41. The second-order valence-electron chi connectivity index (χ2n) is 7.51. The summed E-state index contributed by atoms with van der Waals surface area (Å²) in [5.41, 5.74) is 1.40. The van der Waals surface area contributed by atoms with Crippen LogP contribution in [-0.2, 0) is 12.0 Å². The first kappa shape index (κ1) is 14.5. The highest BCUT2D eigenvalue weighted by molar-refractivity contribution is 7.09. The SMILES string of the molecule is CC1CNC(C2CC2)CN1Cc1nc(C(C)(C)C)cs1. The number of aromatic nitrogens is 1. The topological polar surface area (TPSA) is 28.2 Å². The maximum Gasteiger partial charge on any atom is 0.107 e. The Morgan fingerprint density at radius 3 is 2.75 bits per heavy atom. The zero-order chi connectivity index (χ0) is 14.3. The molecule has 2 unspecified atom stereocenters. The van der Waals surface area contributed by atoms with Gasteiger partial charge in [-0.1, -0.05) is 20.8 Å². The Labute approximate surface area is 126 Å². The molecule has 112 valence electrons. The molecule has 1 saturated carbocycles. The fourth-order valence-electron chi connectivity index (χ4n) is 2.88. The first-order chi connectivity index (χ1) is 9.43. The lowest BCUT2D eigenvalue weighted by Crippen LogP contribution is -2.55. The lowest BCUT2D eigenvalue weighted by Gasteiger charge is -2.38. The van der Waals surface area contributed by atoms with Crippen molar-refractivity contribution in [3.05, 3.63) is 16.1 Å². The summed E-state index contributed by atoms with van der Waals surface area (Å²) in [4.78, 5) is 7.47. The van der Waals surface area contributed by atoms with Crippen molar-refractivity contribution in [1.82, 2.24) is 15.2 Å². The summed E-state index contributed by atoms with van der Waals surface area (Å²) >= 11 is 1.82. The molecule has 0 radical (unpaired) electrons. The minimum absolute atomic E-state index is 0.167. The average molecular weight is 293 g/mol. The zero-order valence-corrected chi connectivity index (χ0v) is 14.0. The van der Waals surface area contributed by atoms with E-state index in [1.165, 1.54) is 30.1 Å². The lowest BCUT2D eigenvalue weighted by atomic mass is 9.93. The Morgan fingerprint density at radius 2 is 2.15 bits per heavy atom. The third kappa shape index (κ3) is 3.23. The number of nitrogens with one attached hydrogen (secondary N) is 1. The van der Waals surface area contributed by atoms with Crippen LogP contribution in [0.5, 0.6) is 0 Å². The van der Waals surface area contributed by atoms with Crippen LogP contribution in [0.15, 0.2) is 5.38 Å². The third-order valence-electron chi connectivity index (χ3n) is 4.58. The highest BCUT2D eigenvalue weighted by Crippen LogP contribution is 2.34. The van der Waals surface area contributed by atoms with Gasteiger partial charge in [0.25, 0.3) is 0 Å². The number of nitrogens with zero attached hydrogens (tertiary/aromatic N) is 2. The van der Waals surface area contributed by atoms with Gasteiger partial charge in [-0.25, -0.2) is 4.98 Å². The van der Waals surface area contributed by atoms with E-state index < -0.39 is 0 Å². The fraction of sp³-hybridized carbons (Fsp3) is 0.812. The van der Waals surface area contributed by atoms with Gasteiger partial charge >= 0.3 is 0 Å². The van der Waals surface area contributed by atoms with Crippen LogP contribution >= 0.6 is 11.3 Å². The summed E-state index contributed by atoms with van der Waals surface area (Å²) in [6, 6.07) is 1.33. The average Bonchev–Trinajstić information content (AvgIpc) is 3.10. The van der Waals surface area contributed by atoms with E-state index in [0.29, 0.717) is 12.1 Å². The molecule has 2 heterocycles. The zero-order valence-electron chi connectivity index (χ0n) is 13.1. The molecule has 0 spiro atoms. The minimum Gasteiger partial charge on any atom is -0.311 e. The predicted molar refractivity (Wildman–Crippen MR) is 85.2 cm³/mol. The molecular formula is C16H27N3S. The van der Waals surface area contributed by atoms with Gasteiger partial charge in [0.15, 0.2) is 0 Å². The van der Waals surface area contributed by atoms with E-state index in [2.05, 4.69) is 43.3 Å². The molecule has 4 heteroatoms. The second kappa shape index (κ2) is 5.39. The monoisotopic (exact) mass is 293 g/mol. The molecule has 0 bridgehead atoms. The van der Waals surface area contributed by atoms with Gasteiger partial charge in [0.05, 0.1) is 12.2 Å². The highest BCUT2D eigenvalue weighted by atomic mass is 32.1. The van der Waals surface area contributed by atoms with Gasteiger partial charge in [0, 0.05) is 36.0 Å². The molecule has 1 aliphatic heterocycles. The Bertz CT molecular complexity index is 459. The Balaban J connectivity index is 1.64. The van der Waals surface area contributed by atoms with Crippen LogP contribution < -0.4 is 5.32 Å². The van der Waals surface area contributed by atoms with Gasteiger partial charge in [0.1, 0.15) is 5.01 Å². The van der Waals surface area contributed by atoms with Gasteiger partial charge < -0.3 is 5.32 Å². The maximum atomic E-state index is 4.85. The van der Waals surface area contributed by atoms with Crippen molar-refractivity contribution in [3.8, 4) is 0 Å². The van der Waals surface area contributed by atoms with Gasteiger partial charge in [-0.15, -0.1) is 11.3 Å². The molecule has 20 heavy (non-hydrogen) atoms. The summed E-state index contributed by atoms with van der Waals surface area (Å²) in [6.45, 7) is 12.4. The summed E-state index contributed by atoms with van der Waals surface area (Å²) in [6.07, 6.45) is 2.84. The van der Waals surface area contributed by atoms with E-state index in [0.717, 1.165) is 19.0 Å². The highest BCUT2D eigenvalue weighted by Gasteiger charge is 2.36. The van der Waals surface area contributed by atoms with E-state index in [9.17, 15) is 0 Å². The van der Waals surface area contributed by atoms with Crippen molar-refractivity contribution in [2.75, 3.05) is 13.1 Å². The van der Waals surface area contributed by atoms with E-state index in [4.69, 9.17) is 4.98 Å². The van der Waals surface area contributed by atoms with Crippen LogP contribution in [0, 0.1) is 5.92 Å². The molecule has 1 N–H and O–H groups in total. The number of hydrogen-bond acceptors (Lipinski definition) is 4. The van der Waals surface area contributed by atoms with E-state index in [-0.39, 0.29) is 5.41 Å². The Hall–Kier alpha value is -0.450. The van der Waals surface area contributed by atoms with Crippen molar-refractivity contribution < 1.29 is 0 Å². The van der Waals surface area contributed by atoms with Crippen molar-refractivity contribution in [2.45, 2.75) is 64.6 Å². The standard InChI is InChI=1S/C16H27N3S/c1-11-7-17-13(12-5-6-12)8-19(11)9-15-18-14(10-20-15)16(2,3)4/h10-13,17H,5-9H2,1-4H3. The number of hydrogen-bond donors (Lipinski definition) is 1. The summed E-state index contributed by atoms with van der Waals surface area (Å²) in [5.74, 6) is 0.937. The van der Waals surface area contributed by atoms with Crippen molar-refractivity contribution in [2.24, 2.45) is 5.92 Å². The van der Waals surface area contributed by atoms with Gasteiger partial charge in [-0.2, -0.15) is 0 Å². The molecule has 3 rings (SSSR count). The van der Waals surface area contributed by atoms with Gasteiger partial charge in [0.2, 0.25) is 0 Å². The van der Waals surface area contributed by atoms with Crippen LogP contribution in [0.4, 0.5) is 0 Å². The molecular weight excluding hydrogens is 266 g/mol. The quantitative estimate of drug-likeness (QED) is 0.928. The Kier molecular flexibility index (Phi) is 3.91. The largest absolute Gasteiger partial charge is 0.311 e. The summed E-state index contributed by atoms with van der Waals surface area (Å²) < 4.78 is 0. The smallest absolute Gasteiger partial charge is 0.107 e. The molecule has 2 fully saturated rings. The molecule has 2 atom stereocenters. The first-order valence-corrected chi connectivity index (χ1v) is 8.74. The van der Waals surface area contributed by atoms with Gasteiger partial charge in [-0.05, 0) is 25.7 Å². The molecule has 3 nitrogen and oxygen atoms in total. The van der Waals surface area contributed by atoms with Crippen LogP contribution in [0.3, 0.4) is 0 Å². The molecule has 1 aliphatic carbocycles. The molecule has 1 aromatic heterocycles. The molecule has 2 aliphatic rings.